The molecular formula is C23H26FN5O2. The molecule has 3 N–H and O–H groups in total. The summed E-state index contributed by atoms with van der Waals surface area (Å²) in [5.41, 5.74) is 8.42. The molecule has 1 saturated heterocycles. The number of ether oxygens (including phenoxy) is 1. The van der Waals surface area contributed by atoms with E-state index in [1.165, 1.54) is 23.0 Å². The Kier molecular flexibility index (Phi) is 7.53. The number of nitrogen functional groups attached to an aromatic ring is 1. The number of halogens is 1. The van der Waals surface area contributed by atoms with Crippen LogP contribution >= 0.6 is 0 Å². The minimum atomic E-state index is -0.350. The van der Waals surface area contributed by atoms with Gasteiger partial charge in [-0.3, -0.25) is 9.69 Å². The number of nitrogens with zero attached hydrogens (tertiary/aromatic N) is 3. The van der Waals surface area contributed by atoms with Crippen molar-refractivity contribution >= 4 is 17.3 Å². The van der Waals surface area contributed by atoms with E-state index in [4.69, 9.17) is 10.5 Å². The van der Waals surface area contributed by atoms with Gasteiger partial charge in [-0.2, -0.15) is 5.10 Å². The zero-order valence-corrected chi connectivity index (χ0v) is 17.3. The zero-order valence-electron chi connectivity index (χ0n) is 17.3. The largest absolute Gasteiger partial charge is 0.383 e. The number of benzene rings is 2. The van der Waals surface area contributed by atoms with Crippen molar-refractivity contribution in [3.8, 4) is 5.69 Å². The predicted molar refractivity (Wildman–Crippen MR) is 120 cm³/mol. The minimum absolute atomic E-state index is 0.216. The molecule has 0 radical (unpaired) electrons. The molecule has 2 aromatic carbocycles. The highest BCUT2D eigenvalue weighted by atomic mass is 19.1. The van der Waals surface area contributed by atoms with Crippen LogP contribution in [-0.2, 0) is 4.74 Å². The van der Waals surface area contributed by atoms with Crippen molar-refractivity contribution in [1.82, 2.24) is 14.7 Å². The fourth-order valence-electron chi connectivity index (χ4n) is 3.21. The molecule has 0 aliphatic carbocycles. The Hall–Kier alpha value is -3.49. The van der Waals surface area contributed by atoms with Gasteiger partial charge in [-0.1, -0.05) is 12.1 Å². The summed E-state index contributed by atoms with van der Waals surface area (Å²) in [4.78, 5) is 15.2. The van der Waals surface area contributed by atoms with Gasteiger partial charge in [0.1, 0.15) is 11.6 Å². The molecule has 31 heavy (non-hydrogen) atoms. The standard InChI is InChI=1S/C21H22FN5O2.C2H4/c22-16-4-6-18(7-5-16)27-21(23)19(13-25-27)20(28)15-2-1-3-17(12-15)24-14-26-8-10-29-11-9-26;1-2/h1-7,12-13,24H,8-11,14,23H2;1-2H2. The Labute approximate surface area is 180 Å². The van der Waals surface area contributed by atoms with Crippen molar-refractivity contribution in [1.29, 1.82) is 0 Å². The number of hydrogen-bond donors (Lipinski definition) is 2. The van der Waals surface area contributed by atoms with Crippen LogP contribution in [0.2, 0.25) is 0 Å². The average molecular weight is 423 g/mol. The van der Waals surface area contributed by atoms with E-state index in [0.717, 1.165) is 32.0 Å². The molecule has 0 atom stereocenters. The fraction of sp³-hybridized carbons (Fsp3) is 0.217. The Bertz CT molecular complexity index is 1010. The maximum Gasteiger partial charge on any atom is 0.198 e. The topological polar surface area (TPSA) is 85.4 Å². The average Bonchev–Trinajstić information content (AvgIpc) is 3.21. The SMILES string of the molecule is C=C.Nc1c(C(=O)c2cccc(NCN3CCOCC3)c2)cnn1-c1ccc(F)cc1. The molecule has 1 aliphatic heterocycles. The van der Waals surface area contributed by atoms with Crippen LogP contribution in [-0.4, -0.2) is 53.4 Å². The van der Waals surface area contributed by atoms with Crippen LogP contribution in [0, 0.1) is 5.82 Å². The van der Waals surface area contributed by atoms with Gasteiger partial charge in [-0.05, 0) is 36.4 Å². The van der Waals surface area contributed by atoms with Crippen molar-refractivity contribution in [2.45, 2.75) is 0 Å². The third-order valence-corrected chi connectivity index (χ3v) is 4.86. The summed E-state index contributed by atoms with van der Waals surface area (Å²) in [7, 11) is 0. The van der Waals surface area contributed by atoms with Crippen LogP contribution in [0.4, 0.5) is 15.9 Å². The molecule has 1 aliphatic rings. The van der Waals surface area contributed by atoms with Crippen molar-refractivity contribution in [3.05, 3.63) is 84.8 Å². The number of carbonyl (C=O) groups excluding carboxylic acids is 1. The normalized spacial score (nSPS) is 13.8. The van der Waals surface area contributed by atoms with Gasteiger partial charge in [0.25, 0.3) is 0 Å². The smallest absolute Gasteiger partial charge is 0.198 e. The van der Waals surface area contributed by atoms with E-state index in [1.807, 2.05) is 12.1 Å². The van der Waals surface area contributed by atoms with Gasteiger partial charge in [0, 0.05) is 24.3 Å². The van der Waals surface area contributed by atoms with E-state index in [-0.39, 0.29) is 17.4 Å². The lowest BCUT2D eigenvalue weighted by Crippen LogP contribution is -2.39. The first kappa shape index (κ1) is 22.2. The number of anilines is 2. The van der Waals surface area contributed by atoms with Crippen LogP contribution in [0.5, 0.6) is 0 Å². The summed E-state index contributed by atoms with van der Waals surface area (Å²) in [6.07, 6.45) is 1.44. The second-order valence-corrected chi connectivity index (χ2v) is 6.81. The Morgan fingerprint density at radius 3 is 2.58 bits per heavy atom. The summed E-state index contributed by atoms with van der Waals surface area (Å²) >= 11 is 0. The highest BCUT2D eigenvalue weighted by molar-refractivity contribution is 6.12. The number of nitrogens with two attached hydrogens (primary N) is 1. The van der Waals surface area contributed by atoms with Crippen molar-refractivity contribution in [2.24, 2.45) is 0 Å². The molecule has 0 unspecified atom stereocenters. The van der Waals surface area contributed by atoms with Crippen molar-refractivity contribution < 1.29 is 13.9 Å². The monoisotopic (exact) mass is 423 g/mol. The number of rotatable bonds is 6. The third kappa shape index (κ3) is 5.36. The third-order valence-electron chi connectivity index (χ3n) is 4.86. The lowest BCUT2D eigenvalue weighted by atomic mass is 10.1. The lowest BCUT2D eigenvalue weighted by molar-refractivity contribution is 0.0414. The van der Waals surface area contributed by atoms with Crippen LogP contribution in [0.1, 0.15) is 15.9 Å². The molecule has 0 amide bonds. The highest BCUT2D eigenvalue weighted by Gasteiger charge is 2.18. The lowest BCUT2D eigenvalue weighted by Gasteiger charge is -2.27. The second-order valence-electron chi connectivity index (χ2n) is 6.81. The number of carbonyl (C=O) groups is 1. The van der Waals surface area contributed by atoms with E-state index in [9.17, 15) is 9.18 Å². The van der Waals surface area contributed by atoms with E-state index in [2.05, 4.69) is 28.5 Å². The van der Waals surface area contributed by atoms with E-state index < -0.39 is 0 Å². The Morgan fingerprint density at radius 2 is 1.87 bits per heavy atom. The van der Waals surface area contributed by atoms with Gasteiger partial charge < -0.3 is 15.8 Å². The maximum absolute atomic E-state index is 13.1. The molecule has 1 aromatic heterocycles. The molecule has 1 fully saturated rings. The molecule has 0 saturated carbocycles. The van der Waals surface area contributed by atoms with Crippen molar-refractivity contribution in [3.63, 3.8) is 0 Å². The van der Waals surface area contributed by atoms with Gasteiger partial charge in [0.05, 0.1) is 37.3 Å². The molecular weight excluding hydrogens is 397 g/mol. The first-order chi connectivity index (χ1) is 15.1. The predicted octanol–water partition coefficient (Wildman–Crippen LogP) is 3.33. The summed E-state index contributed by atoms with van der Waals surface area (Å²) in [5, 5.41) is 7.54. The Balaban J connectivity index is 0.00000132. The molecule has 0 bridgehead atoms. The van der Waals surface area contributed by atoms with E-state index in [0.29, 0.717) is 23.5 Å². The second kappa shape index (κ2) is 10.5. The van der Waals surface area contributed by atoms with E-state index in [1.54, 1.807) is 24.3 Å². The van der Waals surface area contributed by atoms with Gasteiger partial charge in [-0.25, -0.2) is 9.07 Å². The van der Waals surface area contributed by atoms with Crippen LogP contribution in [0.3, 0.4) is 0 Å². The van der Waals surface area contributed by atoms with Crippen LogP contribution < -0.4 is 11.1 Å². The highest BCUT2D eigenvalue weighted by Crippen LogP contribution is 2.22. The van der Waals surface area contributed by atoms with Crippen LogP contribution in [0.15, 0.2) is 67.9 Å². The van der Waals surface area contributed by atoms with Gasteiger partial charge in [0.15, 0.2) is 5.78 Å². The summed E-state index contributed by atoms with van der Waals surface area (Å²) in [5.74, 6) is -0.351. The van der Waals surface area contributed by atoms with E-state index >= 15 is 0 Å². The number of nitrogens with one attached hydrogen (secondary N) is 1. The zero-order chi connectivity index (χ0) is 22.2. The number of aromatic nitrogens is 2. The summed E-state index contributed by atoms with van der Waals surface area (Å²) in [6, 6.07) is 13.1. The summed E-state index contributed by atoms with van der Waals surface area (Å²) in [6.45, 7) is 9.91. The fourth-order valence-corrected chi connectivity index (χ4v) is 3.21. The molecule has 2 heterocycles. The van der Waals surface area contributed by atoms with Crippen molar-refractivity contribution in [2.75, 3.05) is 44.0 Å². The molecule has 162 valence electrons. The summed E-state index contributed by atoms with van der Waals surface area (Å²) < 4.78 is 19.9. The van der Waals surface area contributed by atoms with Gasteiger partial charge in [0.2, 0.25) is 0 Å². The molecule has 8 heteroatoms. The minimum Gasteiger partial charge on any atom is -0.383 e. The number of ketones is 1. The molecule has 7 nitrogen and oxygen atoms in total. The molecule has 0 spiro atoms. The first-order valence-electron chi connectivity index (χ1n) is 9.90. The Morgan fingerprint density at radius 1 is 1.16 bits per heavy atom. The molecule has 3 aromatic rings. The quantitative estimate of drug-likeness (QED) is 0.467. The maximum atomic E-state index is 13.1. The van der Waals surface area contributed by atoms with Gasteiger partial charge >= 0.3 is 0 Å². The van der Waals surface area contributed by atoms with Crippen LogP contribution in [0.25, 0.3) is 5.69 Å². The first-order valence-corrected chi connectivity index (χ1v) is 9.90. The number of hydrogen-bond acceptors (Lipinski definition) is 6. The van der Waals surface area contributed by atoms with Gasteiger partial charge in [-0.15, -0.1) is 13.2 Å². The molecule has 4 rings (SSSR count). The number of morpholine rings is 1.